The molecule has 108 valence electrons. The molecule has 0 heterocycles. The molecular formula is C13H18F3NO2. The number of hydrogen-bond acceptors (Lipinski definition) is 3. The van der Waals surface area contributed by atoms with E-state index in [1.165, 1.54) is 0 Å². The highest BCUT2D eigenvalue weighted by Gasteiger charge is 2.26. The van der Waals surface area contributed by atoms with E-state index in [2.05, 4.69) is 5.32 Å². The summed E-state index contributed by atoms with van der Waals surface area (Å²) in [5.74, 6) is 0.634. The predicted molar refractivity (Wildman–Crippen MR) is 66.3 cm³/mol. The minimum atomic E-state index is -4.27. The Morgan fingerprint density at radius 2 is 2.00 bits per heavy atom. The fraction of sp³-hybridized carbons (Fsp3) is 0.538. The minimum Gasteiger partial charge on any atom is -0.491 e. The molecule has 2 N–H and O–H groups in total. The van der Waals surface area contributed by atoms with Crippen LogP contribution >= 0.6 is 0 Å². The van der Waals surface area contributed by atoms with Gasteiger partial charge < -0.3 is 15.2 Å². The van der Waals surface area contributed by atoms with Crippen molar-refractivity contribution >= 4 is 0 Å². The quantitative estimate of drug-likeness (QED) is 0.837. The second-order valence-electron chi connectivity index (χ2n) is 4.48. The van der Waals surface area contributed by atoms with Crippen LogP contribution in [-0.4, -0.2) is 37.1 Å². The third-order valence-corrected chi connectivity index (χ3v) is 2.48. The molecule has 3 nitrogen and oxygen atoms in total. The highest BCUT2D eigenvalue weighted by atomic mass is 19.4. The van der Waals surface area contributed by atoms with Crippen molar-refractivity contribution in [2.24, 2.45) is 0 Å². The van der Waals surface area contributed by atoms with E-state index in [4.69, 9.17) is 4.74 Å². The molecule has 19 heavy (non-hydrogen) atoms. The molecule has 0 aromatic heterocycles. The van der Waals surface area contributed by atoms with E-state index in [1.807, 2.05) is 32.0 Å². The van der Waals surface area contributed by atoms with E-state index in [0.717, 1.165) is 11.1 Å². The molecular weight excluding hydrogens is 259 g/mol. The number of nitrogens with one attached hydrogen (secondary N) is 1. The van der Waals surface area contributed by atoms with Crippen LogP contribution in [0.15, 0.2) is 18.2 Å². The Kier molecular flexibility index (Phi) is 5.62. The number of halogens is 3. The number of rotatable bonds is 6. The molecule has 1 unspecified atom stereocenters. The standard InChI is InChI=1S/C13H18F3NO2/c1-9-3-4-10(2)12(5-9)19-7-11(18)6-17-8-13(14,15)16/h3-5,11,17-18H,6-8H2,1-2H3. The van der Waals surface area contributed by atoms with E-state index in [0.29, 0.717) is 5.75 Å². The van der Waals surface area contributed by atoms with Crippen LogP contribution in [0.5, 0.6) is 5.75 Å². The first-order valence-corrected chi connectivity index (χ1v) is 5.93. The van der Waals surface area contributed by atoms with E-state index in [9.17, 15) is 18.3 Å². The summed E-state index contributed by atoms with van der Waals surface area (Å²) >= 11 is 0. The van der Waals surface area contributed by atoms with Gasteiger partial charge >= 0.3 is 6.18 Å². The molecule has 0 saturated heterocycles. The molecule has 0 fully saturated rings. The Labute approximate surface area is 110 Å². The van der Waals surface area contributed by atoms with Crippen LogP contribution in [0.25, 0.3) is 0 Å². The van der Waals surface area contributed by atoms with Gasteiger partial charge in [-0.05, 0) is 31.0 Å². The van der Waals surface area contributed by atoms with Gasteiger partial charge in [0.1, 0.15) is 18.5 Å². The minimum absolute atomic E-state index is 0.0465. The Hall–Kier alpha value is -1.27. The van der Waals surface area contributed by atoms with Gasteiger partial charge in [0.05, 0.1) is 6.54 Å². The number of hydrogen-bond donors (Lipinski definition) is 2. The largest absolute Gasteiger partial charge is 0.491 e. The van der Waals surface area contributed by atoms with Gasteiger partial charge in [0.15, 0.2) is 0 Å². The van der Waals surface area contributed by atoms with Crippen LogP contribution in [0.4, 0.5) is 13.2 Å². The Morgan fingerprint density at radius 3 is 2.63 bits per heavy atom. The maximum absolute atomic E-state index is 11.9. The molecule has 0 radical (unpaired) electrons. The van der Waals surface area contributed by atoms with Crippen molar-refractivity contribution < 1.29 is 23.0 Å². The lowest BCUT2D eigenvalue weighted by Crippen LogP contribution is -2.37. The summed E-state index contributed by atoms with van der Waals surface area (Å²) in [5, 5.41) is 11.6. The lowest BCUT2D eigenvalue weighted by atomic mass is 10.1. The van der Waals surface area contributed by atoms with Crippen LogP contribution in [0.1, 0.15) is 11.1 Å². The third kappa shape index (κ3) is 6.45. The fourth-order valence-electron chi connectivity index (χ4n) is 1.49. The van der Waals surface area contributed by atoms with Crippen molar-refractivity contribution in [3.8, 4) is 5.75 Å². The molecule has 1 aromatic rings. The number of alkyl halides is 3. The third-order valence-electron chi connectivity index (χ3n) is 2.48. The van der Waals surface area contributed by atoms with Crippen LogP contribution in [0, 0.1) is 13.8 Å². The molecule has 0 aliphatic rings. The second kappa shape index (κ2) is 6.77. The monoisotopic (exact) mass is 277 g/mol. The van der Waals surface area contributed by atoms with Crippen LogP contribution in [0.3, 0.4) is 0 Å². The summed E-state index contributed by atoms with van der Waals surface area (Å²) in [4.78, 5) is 0. The first-order valence-electron chi connectivity index (χ1n) is 5.93. The summed E-state index contributed by atoms with van der Waals surface area (Å²) in [6.07, 6.45) is -5.25. The van der Waals surface area contributed by atoms with Crippen molar-refractivity contribution in [3.63, 3.8) is 0 Å². The summed E-state index contributed by atoms with van der Waals surface area (Å²) in [5.41, 5.74) is 1.94. The zero-order chi connectivity index (χ0) is 14.5. The normalized spacial score (nSPS) is 13.4. The lowest BCUT2D eigenvalue weighted by molar-refractivity contribution is -0.125. The van der Waals surface area contributed by atoms with Gasteiger partial charge in [-0.15, -0.1) is 0 Å². The first-order chi connectivity index (χ1) is 8.78. The highest BCUT2D eigenvalue weighted by molar-refractivity contribution is 5.35. The molecule has 0 amide bonds. The van der Waals surface area contributed by atoms with Crippen molar-refractivity contribution in [2.75, 3.05) is 19.7 Å². The average Bonchev–Trinajstić information content (AvgIpc) is 2.28. The molecule has 1 aromatic carbocycles. The summed E-state index contributed by atoms with van der Waals surface area (Å²) in [6.45, 7) is 2.45. The summed E-state index contributed by atoms with van der Waals surface area (Å²) in [7, 11) is 0. The second-order valence-corrected chi connectivity index (χ2v) is 4.48. The maximum Gasteiger partial charge on any atom is 0.401 e. The smallest absolute Gasteiger partial charge is 0.401 e. The molecule has 6 heteroatoms. The SMILES string of the molecule is Cc1ccc(C)c(OCC(O)CNCC(F)(F)F)c1. The van der Waals surface area contributed by atoms with Crippen molar-refractivity contribution in [1.82, 2.24) is 5.32 Å². The Balaban J connectivity index is 2.34. The average molecular weight is 277 g/mol. The number of aliphatic hydroxyl groups is 1. The predicted octanol–water partition coefficient (Wildman–Crippen LogP) is 2.20. The highest BCUT2D eigenvalue weighted by Crippen LogP contribution is 2.19. The first kappa shape index (κ1) is 15.8. The molecule has 0 spiro atoms. The number of benzene rings is 1. The van der Waals surface area contributed by atoms with Gasteiger partial charge in [-0.2, -0.15) is 13.2 Å². The zero-order valence-electron chi connectivity index (χ0n) is 10.9. The Morgan fingerprint density at radius 1 is 1.32 bits per heavy atom. The van der Waals surface area contributed by atoms with Crippen LogP contribution in [-0.2, 0) is 0 Å². The molecule has 0 aliphatic carbocycles. The van der Waals surface area contributed by atoms with E-state index < -0.39 is 18.8 Å². The zero-order valence-corrected chi connectivity index (χ0v) is 10.9. The van der Waals surface area contributed by atoms with E-state index in [1.54, 1.807) is 0 Å². The van der Waals surface area contributed by atoms with Crippen molar-refractivity contribution in [1.29, 1.82) is 0 Å². The summed E-state index contributed by atoms with van der Waals surface area (Å²) < 4.78 is 41.0. The topological polar surface area (TPSA) is 41.5 Å². The Bertz CT molecular complexity index is 407. The van der Waals surface area contributed by atoms with Gasteiger partial charge in [-0.25, -0.2) is 0 Å². The fourth-order valence-corrected chi connectivity index (χ4v) is 1.49. The van der Waals surface area contributed by atoms with Gasteiger partial charge in [0, 0.05) is 6.54 Å². The molecule has 0 saturated carbocycles. The number of aryl methyl sites for hydroxylation is 2. The summed E-state index contributed by atoms with van der Waals surface area (Å²) in [6, 6.07) is 5.65. The van der Waals surface area contributed by atoms with Crippen LogP contribution in [0.2, 0.25) is 0 Å². The molecule has 0 aliphatic heterocycles. The maximum atomic E-state index is 11.9. The van der Waals surface area contributed by atoms with Gasteiger partial charge in [0.2, 0.25) is 0 Å². The van der Waals surface area contributed by atoms with Gasteiger partial charge in [-0.1, -0.05) is 12.1 Å². The molecule has 1 atom stereocenters. The van der Waals surface area contributed by atoms with Crippen molar-refractivity contribution in [2.45, 2.75) is 26.1 Å². The number of ether oxygens (including phenoxy) is 1. The van der Waals surface area contributed by atoms with Gasteiger partial charge in [0.25, 0.3) is 0 Å². The number of aliphatic hydroxyl groups excluding tert-OH is 1. The van der Waals surface area contributed by atoms with Gasteiger partial charge in [-0.3, -0.25) is 0 Å². The van der Waals surface area contributed by atoms with E-state index >= 15 is 0 Å². The molecule has 1 rings (SSSR count). The van der Waals surface area contributed by atoms with E-state index in [-0.39, 0.29) is 13.2 Å². The van der Waals surface area contributed by atoms with Crippen LogP contribution < -0.4 is 10.1 Å². The lowest BCUT2D eigenvalue weighted by Gasteiger charge is -2.15. The molecule has 0 bridgehead atoms. The van der Waals surface area contributed by atoms with Crippen molar-refractivity contribution in [3.05, 3.63) is 29.3 Å².